The fourth-order valence-corrected chi connectivity index (χ4v) is 7.86. The van der Waals surface area contributed by atoms with Crippen LogP contribution in [0.3, 0.4) is 0 Å². The van der Waals surface area contributed by atoms with Crippen LogP contribution in [0.5, 0.6) is 0 Å². The Bertz CT molecular complexity index is 1650. The maximum Gasteiger partial charge on any atom is 0.230 e. The van der Waals surface area contributed by atoms with Crippen molar-refractivity contribution in [3.63, 3.8) is 0 Å². The number of nitro groups is 1. The average Bonchev–Trinajstić information content (AvgIpc) is 2.98. The van der Waals surface area contributed by atoms with Gasteiger partial charge in [-0.3, -0.25) is 15.0 Å². The first-order valence-corrected chi connectivity index (χ1v) is 15.2. The van der Waals surface area contributed by atoms with E-state index < -0.39 is 36.0 Å². The first-order chi connectivity index (χ1) is 20.5. The van der Waals surface area contributed by atoms with Crippen molar-refractivity contribution < 1.29 is 19.7 Å². The highest BCUT2D eigenvalue weighted by Crippen LogP contribution is 2.50. The van der Waals surface area contributed by atoms with Gasteiger partial charge in [0.1, 0.15) is 12.4 Å². The first-order valence-electron chi connectivity index (χ1n) is 15.2. The van der Waals surface area contributed by atoms with Crippen molar-refractivity contribution in [2.24, 2.45) is 5.92 Å². The second-order valence-corrected chi connectivity index (χ2v) is 13.6. The maximum absolute atomic E-state index is 13.2. The van der Waals surface area contributed by atoms with Gasteiger partial charge in [0.2, 0.25) is 6.04 Å². The first kappa shape index (κ1) is 29.4. The molecule has 4 aromatic carbocycles. The van der Waals surface area contributed by atoms with E-state index in [0.29, 0.717) is 17.4 Å². The molecule has 6 atom stereocenters. The quantitative estimate of drug-likeness (QED) is 0.149. The van der Waals surface area contributed by atoms with Crippen molar-refractivity contribution in [3.8, 4) is 0 Å². The Labute approximate surface area is 252 Å². The second kappa shape index (κ2) is 11.1. The van der Waals surface area contributed by atoms with Crippen LogP contribution in [-0.4, -0.2) is 50.7 Å². The molecule has 0 amide bonds. The molecule has 1 aliphatic carbocycles. The number of carbonyl (C=O) groups is 1. The van der Waals surface area contributed by atoms with Gasteiger partial charge < -0.3 is 9.90 Å². The molecule has 4 aromatic rings. The molecule has 0 radical (unpaired) electrons. The van der Waals surface area contributed by atoms with Crippen molar-refractivity contribution in [2.45, 2.75) is 88.1 Å². The number of benzene rings is 4. The van der Waals surface area contributed by atoms with Crippen LogP contribution >= 0.6 is 0 Å². The van der Waals surface area contributed by atoms with Gasteiger partial charge >= 0.3 is 0 Å². The number of nitrogens with zero attached hydrogens (tertiary/aromatic N) is 2. The zero-order valence-electron chi connectivity index (χ0n) is 25.2. The Hall–Kier alpha value is -3.65. The van der Waals surface area contributed by atoms with Crippen LogP contribution in [0.25, 0.3) is 21.5 Å². The average molecular weight is 581 g/mol. The predicted octanol–water partition coefficient (Wildman–Crippen LogP) is 7.04. The number of hydroxylamine groups is 2. The molecule has 7 nitrogen and oxygen atoms in total. The minimum Gasteiger partial charge on any atom is -0.390 e. The lowest BCUT2D eigenvalue weighted by molar-refractivity contribution is -0.542. The number of rotatable bonds is 6. The van der Waals surface area contributed by atoms with E-state index in [1.807, 2.05) is 90.0 Å². The van der Waals surface area contributed by atoms with Crippen LogP contribution in [0, 0.1) is 16.0 Å². The number of aliphatic hydroxyl groups is 1. The van der Waals surface area contributed by atoms with Crippen LogP contribution in [0.1, 0.15) is 69.9 Å². The van der Waals surface area contributed by atoms with E-state index in [-0.39, 0.29) is 16.0 Å². The monoisotopic (exact) mass is 580 g/mol. The molecule has 1 aliphatic heterocycles. The summed E-state index contributed by atoms with van der Waals surface area (Å²) in [6, 6.07) is 26.1. The second-order valence-electron chi connectivity index (χ2n) is 13.6. The Balaban J connectivity index is 1.54. The number of hydrogen-bond acceptors (Lipinski definition) is 6. The van der Waals surface area contributed by atoms with Gasteiger partial charge in [-0.1, -0.05) is 84.9 Å². The van der Waals surface area contributed by atoms with Gasteiger partial charge in [-0.2, -0.15) is 5.06 Å². The third-order valence-corrected chi connectivity index (χ3v) is 9.86. The fourth-order valence-electron chi connectivity index (χ4n) is 7.86. The van der Waals surface area contributed by atoms with Gasteiger partial charge in [0.15, 0.2) is 0 Å². The number of aliphatic hydroxyl groups excluding tert-OH is 1. The number of hydrogen-bond donors (Lipinski definition) is 1. The van der Waals surface area contributed by atoms with Gasteiger partial charge in [0.25, 0.3) is 0 Å². The fraction of sp³-hybridized carbons (Fsp3) is 0.417. The highest BCUT2D eigenvalue weighted by atomic mass is 16.7. The molecule has 0 aromatic heterocycles. The predicted molar refractivity (Wildman–Crippen MR) is 168 cm³/mol. The molecular weight excluding hydrogens is 540 g/mol. The van der Waals surface area contributed by atoms with E-state index in [1.54, 1.807) is 0 Å². The molecule has 0 spiro atoms. The smallest absolute Gasteiger partial charge is 0.230 e. The Morgan fingerprint density at radius 2 is 1.30 bits per heavy atom. The molecule has 1 saturated heterocycles. The molecule has 1 N–H and O–H groups in total. The largest absolute Gasteiger partial charge is 0.390 e. The van der Waals surface area contributed by atoms with Crippen molar-refractivity contribution in [1.82, 2.24) is 5.06 Å². The number of piperidine rings is 1. The molecule has 2 aliphatic rings. The molecule has 43 heavy (non-hydrogen) atoms. The van der Waals surface area contributed by atoms with E-state index in [2.05, 4.69) is 27.7 Å². The van der Waals surface area contributed by atoms with Crippen LogP contribution < -0.4 is 0 Å². The lowest BCUT2D eigenvalue weighted by Crippen LogP contribution is -2.64. The zero-order chi connectivity index (χ0) is 30.5. The molecule has 2 fully saturated rings. The van der Waals surface area contributed by atoms with E-state index in [1.165, 1.54) is 0 Å². The van der Waals surface area contributed by atoms with E-state index in [0.717, 1.165) is 40.8 Å². The van der Waals surface area contributed by atoms with Crippen LogP contribution in [-0.2, 0) is 9.63 Å². The topological polar surface area (TPSA) is 92.9 Å². The Kier molecular flexibility index (Phi) is 7.61. The molecule has 6 rings (SSSR count). The highest BCUT2D eigenvalue weighted by Gasteiger charge is 2.59. The summed E-state index contributed by atoms with van der Waals surface area (Å²) < 4.78 is 0. The van der Waals surface area contributed by atoms with E-state index >= 15 is 0 Å². The summed E-state index contributed by atoms with van der Waals surface area (Å²) in [6.07, 6.45) is 1.21. The summed E-state index contributed by atoms with van der Waals surface area (Å²) in [7, 11) is 0. The minimum absolute atomic E-state index is 0.259. The van der Waals surface area contributed by atoms with E-state index in [9.17, 15) is 20.0 Å². The summed E-state index contributed by atoms with van der Waals surface area (Å²) in [6.45, 7) is 8.42. The number of carbonyl (C=O) groups excluding carboxylic acids is 1. The Morgan fingerprint density at radius 1 is 0.814 bits per heavy atom. The maximum atomic E-state index is 13.2. The third kappa shape index (κ3) is 5.24. The lowest BCUT2D eigenvalue weighted by Gasteiger charge is -2.55. The summed E-state index contributed by atoms with van der Waals surface area (Å²) in [5, 5.41) is 31.2. The molecule has 7 heteroatoms. The SMILES string of the molecule is CC1(C)CCCC(C)(C)N1O[C@@H]1[C@@H](O)[C@H](C=O)[C@@H](c2ccc3ccccc3c2)[C@H]([N+](=O)[O-])[C@@H]1c1ccc2ccccc2c1. The molecule has 1 saturated carbocycles. The Morgan fingerprint density at radius 3 is 1.79 bits per heavy atom. The van der Waals surface area contributed by atoms with Gasteiger partial charge in [-0.05, 0) is 79.6 Å². The standard InChI is InChI=1S/C36H40N2O5/c1-35(2)18-9-19-36(3,4)38(35)43-34-31(28-17-15-24-11-6-8-13-26(24)21-28)32(37(41)42)30(29(22-39)33(34)40)27-16-14-23-10-5-7-12-25(23)20-27/h5-8,10-17,20-22,29-34,40H,9,18-19H2,1-4H3/t29-,30-,31+,32+,33+,34+/m1/s1. The van der Waals surface area contributed by atoms with Crippen molar-refractivity contribution in [2.75, 3.05) is 0 Å². The van der Waals surface area contributed by atoms with E-state index in [4.69, 9.17) is 4.84 Å². The van der Waals surface area contributed by atoms with Gasteiger partial charge in [-0.25, -0.2) is 0 Å². The molecule has 0 unspecified atom stereocenters. The van der Waals surface area contributed by atoms with Gasteiger partial charge in [0, 0.05) is 16.0 Å². The normalized spacial score (nSPS) is 29.0. The van der Waals surface area contributed by atoms with Gasteiger partial charge in [0.05, 0.1) is 23.9 Å². The van der Waals surface area contributed by atoms with Crippen LogP contribution in [0.2, 0.25) is 0 Å². The lowest BCUT2D eigenvalue weighted by atomic mass is 9.63. The summed E-state index contributed by atoms with van der Waals surface area (Å²) in [4.78, 5) is 32.7. The van der Waals surface area contributed by atoms with Crippen LogP contribution in [0.15, 0.2) is 84.9 Å². The molecule has 0 bridgehead atoms. The minimum atomic E-state index is -1.27. The highest BCUT2D eigenvalue weighted by molar-refractivity contribution is 5.84. The molecule has 1 heterocycles. The summed E-state index contributed by atoms with van der Waals surface area (Å²) in [5.74, 6) is -2.71. The zero-order valence-corrected chi connectivity index (χ0v) is 25.2. The number of aldehydes is 1. The van der Waals surface area contributed by atoms with Crippen LogP contribution in [0.4, 0.5) is 0 Å². The molecular formula is C36H40N2O5. The summed E-state index contributed by atoms with van der Waals surface area (Å²) in [5.41, 5.74) is 0.642. The van der Waals surface area contributed by atoms with Gasteiger partial charge in [-0.15, -0.1) is 0 Å². The summed E-state index contributed by atoms with van der Waals surface area (Å²) >= 11 is 0. The third-order valence-electron chi connectivity index (χ3n) is 9.86. The van der Waals surface area contributed by atoms with Crippen molar-refractivity contribution in [3.05, 3.63) is 106 Å². The van der Waals surface area contributed by atoms with Crippen molar-refractivity contribution in [1.29, 1.82) is 0 Å². The molecule has 224 valence electrons. The number of fused-ring (bicyclic) bond motifs is 2. The van der Waals surface area contributed by atoms with Crippen molar-refractivity contribution >= 4 is 27.8 Å².